The van der Waals surface area contributed by atoms with Crippen molar-refractivity contribution < 1.29 is 47.7 Å². The topological polar surface area (TPSA) is 8.81 Å². The summed E-state index contributed by atoms with van der Waals surface area (Å²) in [4.78, 5) is 0. The van der Waals surface area contributed by atoms with Crippen LogP contribution in [0, 0.1) is 0 Å². The Morgan fingerprint density at radius 2 is 1.31 bits per heavy atom. The van der Waals surface area contributed by atoms with Crippen LogP contribution in [0.25, 0.3) is 0 Å². The molecule has 1 aromatic carbocycles. The van der Waals surface area contributed by atoms with Crippen LogP contribution in [0.1, 0.15) is 94.4 Å². The molecule has 0 bridgehead atoms. The fourth-order valence-corrected chi connectivity index (χ4v) is 5.21. The Morgan fingerprint density at radius 3 is 1.82 bits per heavy atom. The molecule has 1 fully saturated rings. The van der Waals surface area contributed by atoms with Gasteiger partial charge in [-0.1, -0.05) is 67.8 Å². The molecule has 1 aromatic heterocycles. The maximum Gasteiger partial charge on any atom is 0.459 e. The van der Waals surface area contributed by atoms with Crippen molar-refractivity contribution in [2.75, 3.05) is 0 Å². The first-order valence-corrected chi connectivity index (χ1v) is 13.9. The second-order valence-electron chi connectivity index (χ2n) is 10.2. The van der Waals surface area contributed by atoms with Gasteiger partial charge in [0, 0.05) is 22.0 Å². The zero-order valence-corrected chi connectivity index (χ0v) is 23.8. The molecule has 0 saturated heterocycles. The second-order valence-corrected chi connectivity index (χ2v) is 11.0. The van der Waals surface area contributed by atoms with Crippen molar-refractivity contribution in [1.29, 1.82) is 0 Å². The van der Waals surface area contributed by atoms with Gasteiger partial charge in [0.2, 0.25) is 0 Å². The molecule has 1 aliphatic carbocycles. The fourth-order valence-electron chi connectivity index (χ4n) is 4.70. The van der Waals surface area contributed by atoms with Crippen molar-refractivity contribution in [2.24, 2.45) is 0 Å². The summed E-state index contributed by atoms with van der Waals surface area (Å²) in [6, 6.07) is 5.52. The lowest BCUT2D eigenvalue weighted by Gasteiger charge is -2.28. The Bertz CT molecular complexity index is 1020. The molecule has 0 unspecified atom stereocenters. The third-order valence-electron chi connectivity index (χ3n) is 7.05. The van der Waals surface area contributed by atoms with Crippen molar-refractivity contribution in [2.45, 2.75) is 114 Å². The van der Waals surface area contributed by atoms with E-state index in [2.05, 4.69) is 21.5 Å². The maximum atomic E-state index is 13.3. The number of hydrogen-bond acceptors (Lipinski definition) is 0. The average Bonchev–Trinajstić information content (AvgIpc) is 3.59. The summed E-state index contributed by atoms with van der Waals surface area (Å²) in [7, 11) is 0. The Kier molecular flexibility index (Phi) is 12.8. The lowest BCUT2D eigenvalue weighted by Crippen LogP contribution is -3.00. The van der Waals surface area contributed by atoms with Crippen molar-refractivity contribution in [3.63, 3.8) is 0 Å². The van der Waals surface area contributed by atoms with Crippen LogP contribution in [0.5, 0.6) is 0 Å². The van der Waals surface area contributed by atoms with Crippen LogP contribution in [-0.4, -0.2) is 22.6 Å². The van der Waals surface area contributed by atoms with Gasteiger partial charge in [-0.15, -0.1) is 0 Å². The standard InChI is InChI=1S/C27H34Cl2F7N2.ClH/c28-22-11-10-12-23(29)21(22)19-38-18-17-37(24(38)20-13-14-20)16-9-7-5-3-1-2-4-6-8-15-25(30,31)26(32,33)27(34,35)36;/h10-12,17-18,20H,1-9,13-16,19H2;1H/q+1;/p-1. The summed E-state index contributed by atoms with van der Waals surface area (Å²) >= 11 is 12.7. The lowest BCUT2D eigenvalue weighted by atomic mass is 10.0. The molecule has 12 heteroatoms. The molecule has 1 aliphatic rings. The predicted octanol–water partition coefficient (Wildman–Crippen LogP) is 6.75. The van der Waals surface area contributed by atoms with Crippen molar-refractivity contribution in [1.82, 2.24) is 4.57 Å². The number of aryl methyl sites for hydroxylation is 1. The third kappa shape index (κ3) is 9.15. The zero-order chi connectivity index (χ0) is 28.0. The molecule has 0 N–H and O–H groups in total. The molecule has 3 rings (SSSR count). The van der Waals surface area contributed by atoms with Gasteiger partial charge in [-0.05, 0) is 44.2 Å². The monoisotopic (exact) mass is 624 g/mol. The van der Waals surface area contributed by atoms with Crippen molar-refractivity contribution in [3.05, 3.63) is 52.0 Å². The summed E-state index contributed by atoms with van der Waals surface area (Å²) in [6.45, 7) is 1.53. The molecule has 0 spiro atoms. The number of unbranched alkanes of at least 4 members (excludes halogenated alkanes) is 8. The van der Waals surface area contributed by atoms with E-state index in [-0.39, 0.29) is 25.2 Å². The van der Waals surface area contributed by atoms with E-state index in [4.69, 9.17) is 23.2 Å². The maximum absolute atomic E-state index is 13.3. The fraction of sp³-hybridized carbons (Fsp3) is 0.667. The molecule has 1 saturated carbocycles. The van der Waals surface area contributed by atoms with Gasteiger partial charge in [-0.3, -0.25) is 0 Å². The first kappa shape index (κ1) is 34.0. The quantitative estimate of drug-likeness (QED) is 0.111. The summed E-state index contributed by atoms with van der Waals surface area (Å²) < 4.78 is 93.4. The van der Waals surface area contributed by atoms with E-state index >= 15 is 0 Å². The van der Waals surface area contributed by atoms with Crippen molar-refractivity contribution in [3.8, 4) is 0 Å². The number of alkyl halides is 7. The summed E-state index contributed by atoms with van der Waals surface area (Å²) in [5, 5.41) is 1.31. The molecule has 222 valence electrons. The molecular formula is C27H34Cl3F7N2. The van der Waals surface area contributed by atoms with Crippen LogP contribution in [0.3, 0.4) is 0 Å². The molecule has 2 aromatic rings. The second kappa shape index (κ2) is 14.6. The van der Waals surface area contributed by atoms with Gasteiger partial charge < -0.3 is 12.4 Å². The highest BCUT2D eigenvalue weighted by molar-refractivity contribution is 6.35. The Morgan fingerprint density at radius 1 is 0.795 bits per heavy atom. The molecule has 39 heavy (non-hydrogen) atoms. The van der Waals surface area contributed by atoms with Gasteiger partial charge in [0.05, 0.1) is 12.5 Å². The van der Waals surface area contributed by atoms with Crippen LogP contribution in [-0.2, 0) is 13.1 Å². The average molecular weight is 626 g/mol. The van der Waals surface area contributed by atoms with Gasteiger partial charge in [-0.25, -0.2) is 9.13 Å². The Balaban J connectivity index is 0.00000533. The molecule has 1 heterocycles. The van der Waals surface area contributed by atoms with Gasteiger partial charge in [0.15, 0.2) is 0 Å². The predicted molar refractivity (Wildman–Crippen MR) is 134 cm³/mol. The molecule has 0 aliphatic heterocycles. The number of aromatic nitrogens is 2. The van der Waals surface area contributed by atoms with Gasteiger partial charge >= 0.3 is 18.0 Å². The Hall–Kier alpha value is -1.19. The number of nitrogens with zero attached hydrogens (tertiary/aromatic N) is 2. The van der Waals surface area contributed by atoms with E-state index in [1.165, 1.54) is 18.7 Å². The van der Waals surface area contributed by atoms with Crippen LogP contribution in [0.15, 0.2) is 30.6 Å². The zero-order valence-electron chi connectivity index (χ0n) is 21.5. The van der Waals surface area contributed by atoms with Gasteiger partial charge in [-0.2, -0.15) is 30.7 Å². The normalized spacial score (nSPS) is 14.5. The van der Waals surface area contributed by atoms with E-state index in [9.17, 15) is 30.7 Å². The highest BCUT2D eigenvalue weighted by Crippen LogP contribution is 2.48. The number of benzene rings is 1. The van der Waals surface area contributed by atoms with Crippen LogP contribution >= 0.6 is 23.2 Å². The number of rotatable bonds is 16. The van der Waals surface area contributed by atoms with E-state index in [1.54, 1.807) is 0 Å². The van der Waals surface area contributed by atoms with Gasteiger partial charge in [0.1, 0.15) is 18.9 Å². The molecule has 0 atom stereocenters. The highest BCUT2D eigenvalue weighted by Gasteiger charge is 2.72. The largest absolute Gasteiger partial charge is 1.00 e. The lowest BCUT2D eigenvalue weighted by molar-refractivity contribution is -0.695. The SMILES string of the molecule is FC(F)(F)C(F)(F)C(F)(F)CCCCCCCCCCCn1cc[n+](Cc2c(Cl)cccc2Cl)c1C1CC1.[Cl-]. The Labute approximate surface area is 241 Å². The summed E-state index contributed by atoms with van der Waals surface area (Å²) in [5.74, 6) is -9.24. The van der Waals surface area contributed by atoms with Gasteiger partial charge in [0.25, 0.3) is 5.82 Å². The summed E-state index contributed by atoms with van der Waals surface area (Å²) in [6.07, 6.45) is 4.86. The third-order valence-corrected chi connectivity index (χ3v) is 7.76. The van der Waals surface area contributed by atoms with Crippen LogP contribution in [0.2, 0.25) is 10.0 Å². The van der Waals surface area contributed by atoms with Crippen LogP contribution < -0.4 is 17.0 Å². The van der Waals surface area contributed by atoms with E-state index < -0.39 is 24.4 Å². The van der Waals surface area contributed by atoms with E-state index in [0.717, 1.165) is 50.6 Å². The highest BCUT2D eigenvalue weighted by atomic mass is 35.5. The number of hydrogen-bond donors (Lipinski definition) is 0. The molecule has 2 nitrogen and oxygen atoms in total. The minimum absolute atomic E-state index is 0. The van der Waals surface area contributed by atoms with E-state index in [1.807, 2.05) is 18.2 Å². The van der Waals surface area contributed by atoms with Crippen molar-refractivity contribution >= 4 is 23.2 Å². The van der Waals surface area contributed by atoms with E-state index in [0.29, 0.717) is 28.9 Å². The minimum atomic E-state index is -6.25. The minimum Gasteiger partial charge on any atom is -1.00 e. The molecule has 0 amide bonds. The molecule has 0 radical (unpaired) electrons. The smallest absolute Gasteiger partial charge is 0.459 e. The number of imidazole rings is 1. The summed E-state index contributed by atoms with van der Waals surface area (Å²) in [5.41, 5.74) is 0.911. The molecular weight excluding hydrogens is 592 g/mol. The van der Waals surface area contributed by atoms with Crippen LogP contribution in [0.4, 0.5) is 30.7 Å². The number of halogens is 10. The first-order valence-electron chi connectivity index (χ1n) is 13.2. The first-order chi connectivity index (χ1) is 17.8.